The number of rotatable bonds is 7. The maximum Gasteiger partial charge on any atom is 0.126 e. The lowest BCUT2D eigenvalue weighted by atomic mass is 10.0. The minimum atomic E-state index is 0.408. The van der Waals surface area contributed by atoms with Crippen molar-refractivity contribution in [2.24, 2.45) is 5.92 Å². The van der Waals surface area contributed by atoms with Crippen molar-refractivity contribution < 1.29 is 4.74 Å². The van der Waals surface area contributed by atoms with Crippen molar-refractivity contribution in [3.8, 4) is 16.9 Å². The van der Waals surface area contributed by atoms with Gasteiger partial charge in [-0.2, -0.15) is 0 Å². The van der Waals surface area contributed by atoms with Crippen LogP contribution in [-0.4, -0.2) is 13.7 Å². The van der Waals surface area contributed by atoms with Gasteiger partial charge in [-0.25, -0.2) is 0 Å². The maximum absolute atomic E-state index is 5.45. The van der Waals surface area contributed by atoms with Crippen LogP contribution in [0.25, 0.3) is 11.1 Å². The molecule has 2 aromatic rings. The molecule has 1 aliphatic rings. The molecule has 2 nitrogen and oxygen atoms in total. The molecule has 0 radical (unpaired) electrons. The Morgan fingerprint density at radius 1 is 1.09 bits per heavy atom. The molecular weight excluding hydrogens is 270 g/mol. The topological polar surface area (TPSA) is 21.3 Å². The van der Waals surface area contributed by atoms with Crippen molar-refractivity contribution in [3.05, 3.63) is 54.1 Å². The van der Waals surface area contributed by atoms with E-state index in [0.717, 1.165) is 23.8 Å². The number of para-hydroxylation sites is 1. The minimum Gasteiger partial charge on any atom is -0.496 e. The number of ether oxygens (including phenoxy) is 1. The molecule has 1 fully saturated rings. The molecule has 1 saturated carbocycles. The molecule has 2 heteroatoms. The molecule has 1 N–H and O–H groups in total. The van der Waals surface area contributed by atoms with Crippen LogP contribution in [0, 0.1) is 5.92 Å². The quantitative estimate of drug-likeness (QED) is 0.791. The van der Waals surface area contributed by atoms with E-state index < -0.39 is 0 Å². The highest BCUT2D eigenvalue weighted by atomic mass is 16.5. The van der Waals surface area contributed by atoms with Crippen molar-refractivity contribution in [1.82, 2.24) is 5.32 Å². The van der Waals surface area contributed by atoms with Gasteiger partial charge in [-0.05, 0) is 43.0 Å². The number of benzene rings is 2. The zero-order valence-corrected chi connectivity index (χ0v) is 13.5. The fourth-order valence-corrected chi connectivity index (χ4v) is 2.86. The normalized spacial score (nSPS) is 15.5. The maximum atomic E-state index is 5.45. The Kier molecular flexibility index (Phi) is 4.79. The Morgan fingerprint density at radius 2 is 1.82 bits per heavy atom. The third-order valence-electron chi connectivity index (χ3n) is 4.53. The van der Waals surface area contributed by atoms with Crippen LogP contribution >= 0.6 is 0 Å². The minimum absolute atomic E-state index is 0.408. The Morgan fingerprint density at radius 3 is 2.50 bits per heavy atom. The van der Waals surface area contributed by atoms with Crippen LogP contribution in [0.4, 0.5) is 0 Å². The van der Waals surface area contributed by atoms with E-state index in [4.69, 9.17) is 4.74 Å². The number of nitrogens with one attached hydrogen (secondary N) is 1. The van der Waals surface area contributed by atoms with Crippen LogP contribution in [0.3, 0.4) is 0 Å². The lowest BCUT2D eigenvalue weighted by molar-refractivity contribution is 0.416. The zero-order chi connectivity index (χ0) is 15.4. The predicted molar refractivity (Wildman–Crippen MR) is 92.2 cm³/mol. The first-order chi connectivity index (χ1) is 10.8. The zero-order valence-electron chi connectivity index (χ0n) is 13.5. The van der Waals surface area contributed by atoms with Crippen LogP contribution in [0.5, 0.6) is 5.75 Å². The van der Waals surface area contributed by atoms with E-state index in [-0.39, 0.29) is 0 Å². The summed E-state index contributed by atoms with van der Waals surface area (Å²) in [5.41, 5.74) is 3.69. The molecule has 0 amide bonds. The molecule has 0 aliphatic heterocycles. The number of methoxy groups -OCH3 is 1. The van der Waals surface area contributed by atoms with Gasteiger partial charge in [-0.1, -0.05) is 55.3 Å². The van der Waals surface area contributed by atoms with Crippen LogP contribution in [0.15, 0.2) is 48.5 Å². The Labute approximate surface area is 133 Å². The van der Waals surface area contributed by atoms with Gasteiger partial charge in [-0.15, -0.1) is 0 Å². The van der Waals surface area contributed by atoms with Crippen molar-refractivity contribution in [1.29, 1.82) is 0 Å². The van der Waals surface area contributed by atoms with Gasteiger partial charge >= 0.3 is 0 Å². The lowest BCUT2D eigenvalue weighted by Gasteiger charge is -2.15. The summed E-state index contributed by atoms with van der Waals surface area (Å²) in [6, 6.07) is 17.4. The van der Waals surface area contributed by atoms with Gasteiger partial charge in [0.25, 0.3) is 0 Å². The summed E-state index contributed by atoms with van der Waals surface area (Å²) in [5, 5.41) is 3.63. The van der Waals surface area contributed by atoms with Gasteiger partial charge < -0.3 is 10.1 Å². The van der Waals surface area contributed by atoms with Crippen LogP contribution in [0.1, 0.15) is 37.8 Å². The number of hydrogen-bond acceptors (Lipinski definition) is 2. The number of hydrogen-bond donors (Lipinski definition) is 1. The van der Waals surface area contributed by atoms with Crippen molar-refractivity contribution in [3.63, 3.8) is 0 Å². The Bertz CT molecular complexity index is 601. The van der Waals surface area contributed by atoms with Crippen molar-refractivity contribution >= 4 is 0 Å². The van der Waals surface area contributed by atoms with Crippen LogP contribution in [-0.2, 0) is 0 Å². The molecule has 3 rings (SSSR count). The highest BCUT2D eigenvalue weighted by Crippen LogP contribution is 2.32. The molecule has 1 unspecified atom stereocenters. The van der Waals surface area contributed by atoms with Crippen molar-refractivity contribution in [2.45, 2.75) is 32.2 Å². The van der Waals surface area contributed by atoms with Crippen LogP contribution < -0.4 is 10.1 Å². The van der Waals surface area contributed by atoms with Gasteiger partial charge in [0.05, 0.1) is 7.11 Å². The fraction of sp³-hybridized carbons (Fsp3) is 0.400. The van der Waals surface area contributed by atoms with Gasteiger partial charge in [0.15, 0.2) is 0 Å². The van der Waals surface area contributed by atoms with Gasteiger partial charge in [0.2, 0.25) is 0 Å². The Hall–Kier alpha value is -1.80. The first kappa shape index (κ1) is 15.1. The van der Waals surface area contributed by atoms with Gasteiger partial charge in [-0.3, -0.25) is 0 Å². The molecular formula is C20H25NO. The SMILES string of the molecule is COc1ccccc1-c1ccc(C(C)NCCC2CC2)cc1. The van der Waals surface area contributed by atoms with E-state index in [2.05, 4.69) is 42.6 Å². The summed E-state index contributed by atoms with van der Waals surface area (Å²) in [4.78, 5) is 0. The molecule has 1 atom stereocenters. The summed E-state index contributed by atoms with van der Waals surface area (Å²) in [7, 11) is 1.72. The lowest BCUT2D eigenvalue weighted by Crippen LogP contribution is -2.20. The molecule has 0 aromatic heterocycles. The van der Waals surface area contributed by atoms with E-state index in [0.29, 0.717) is 6.04 Å². The summed E-state index contributed by atoms with van der Waals surface area (Å²) in [6.07, 6.45) is 4.19. The average Bonchev–Trinajstić information content (AvgIpc) is 3.39. The highest BCUT2D eigenvalue weighted by molar-refractivity contribution is 5.70. The molecule has 0 heterocycles. The van der Waals surface area contributed by atoms with Crippen molar-refractivity contribution in [2.75, 3.05) is 13.7 Å². The van der Waals surface area contributed by atoms with Crippen LogP contribution in [0.2, 0.25) is 0 Å². The summed E-state index contributed by atoms with van der Waals surface area (Å²) < 4.78 is 5.45. The fourth-order valence-electron chi connectivity index (χ4n) is 2.86. The first-order valence-corrected chi connectivity index (χ1v) is 8.24. The second-order valence-electron chi connectivity index (χ2n) is 6.23. The Balaban J connectivity index is 1.66. The largest absolute Gasteiger partial charge is 0.496 e. The molecule has 0 bridgehead atoms. The van der Waals surface area contributed by atoms with E-state index in [1.165, 1.54) is 30.4 Å². The molecule has 22 heavy (non-hydrogen) atoms. The summed E-state index contributed by atoms with van der Waals surface area (Å²) >= 11 is 0. The molecule has 0 spiro atoms. The highest BCUT2D eigenvalue weighted by Gasteiger charge is 2.20. The molecule has 2 aromatic carbocycles. The molecule has 1 aliphatic carbocycles. The van der Waals surface area contributed by atoms with E-state index in [1.807, 2.05) is 18.2 Å². The smallest absolute Gasteiger partial charge is 0.126 e. The predicted octanol–water partition coefficient (Wildman–Crippen LogP) is 4.81. The molecule has 0 saturated heterocycles. The second kappa shape index (κ2) is 6.97. The second-order valence-corrected chi connectivity index (χ2v) is 6.23. The van der Waals surface area contributed by atoms with E-state index in [9.17, 15) is 0 Å². The monoisotopic (exact) mass is 295 g/mol. The first-order valence-electron chi connectivity index (χ1n) is 8.24. The van der Waals surface area contributed by atoms with Gasteiger partial charge in [0.1, 0.15) is 5.75 Å². The third kappa shape index (κ3) is 3.69. The van der Waals surface area contributed by atoms with E-state index in [1.54, 1.807) is 7.11 Å². The summed E-state index contributed by atoms with van der Waals surface area (Å²) in [5.74, 6) is 1.92. The average molecular weight is 295 g/mol. The van der Waals surface area contributed by atoms with Gasteiger partial charge in [0, 0.05) is 11.6 Å². The van der Waals surface area contributed by atoms with E-state index >= 15 is 0 Å². The third-order valence-corrected chi connectivity index (χ3v) is 4.53. The standard InChI is InChI=1S/C20H25NO/c1-15(21-14-13-16-7-8-16)17-9-11-18(12-10-17)19-5-3-4-6-20(19)22-2/h3-6,9-12,15-16,21H,7-8,13-14H2,1-2H3. The molecule has 116 valence electrons. The summed E-state index contributed by atoms with van der Waals surface area (Å²) in [6.45, 7) is 3.37.